The van der Waals surface area contributed by atoms with E-state index in [2.05, 4.69) is 26.2 Å². The maximum absolute atomic E-state index is 8.39. The van der Waals surface area contributed by atoms with E-state index in [-0.39, 0.29) is 0 Å². The summed E-state index contributed by atoms with van der Waals surface area (Å²) in [6.45, 7) is 0. The summed E-state index contributed by atoms with van der Waals surface area (Å²) >= 11 is 3.35. The predicted octanol–water partition coefficient (Wildman–Crippen LogP) is 1.90. The van der Waals surface area contributed by atoms with Crippen LogP contribution in [0.25, 0.3) is 5.52 Å². The van der Waals surface area contributed by atoms with Gasteiger partial charge in [0.2, 0.25) is 0 Å². The average Bonchev–Trinajstić information content (AvgIpc) is 2.49. The zero-order chi connectivity index (χ0) is 9.26. The Balaban J connectivity index is 2.71. The number of nitrogens with zero attached hydrogens (tertiary/aromatic N) is 3. The van der Waals surface area contributed by atoms with E-state index in [1.807, 2.05) is 18.3 Å². The van der Waals surface area contributed by atoms with Gasteiger partial charge in [-0.25, -0.2) is 4.52 Å². The maximum Gasteiger partial charge on any atom is 0.0771 e. The summed E-state index contributed by atoms with van der Waals surface area (Å²) < 4.78 is 2.68. The van der Waals surface area contributed by atoms with Crippen LogP contribution in [0.4, 0.5) is 0 Å². The van der Waals surface area contributed by atoms with E-state index >= 15 is 0 Å². The van der Waals surface area contributed by atoms with Gasteiger partial charge in [0.25, 0.3) is 0 Å². The molecule has 66 valence electrons. The van der Waals surface area contributed by atoms with E-state index in [0.29, 0.717) is 0 Å². The minimum atomic E-state index is 0.781. The van der Waals surface area contributed by atoms with Crippen molar-refractivity contribution in [3.05, 3.63) is 34.6 Å². The molecule has 0 aliphatic heterocycles. The van der Waals surface area contributed by atoms with Gasteiger partial charge in [0.1, 0.15) is 0 Å². The lowest BCUT2D eigenvalue weighted by Gasteiger charge is -1.93. The summed E-state index contributed by atoms with van der Waals surface area (Å²) in [6.07, 6.45) is 4.82. The molecular formula is C8H6BrN3O. The summed E-state index contributed by atoms with van der Waals surface area (Å²) in [5.74, 6) is 0. The molecule has 2 rings (SSSR count). The summed E-state index contributed by atoms with van der Waals surface area (Å²) in [6, 6.07) is 3.80. The fourth-order valence-corrected chi connectivity index (χ4v) is 1.47. The molecule has 13 heavy (non-hydrogen) atoms. The summed E-state index contributed by atoms with van der Waals surface area (Å²) in [5, 5.41) is 15.4. The highest BCUT2D eigenvalue weighted by molar-refractivity contribution is 9.10. The number of fused-ring (bicyclic) bond motifs is 1. The van der Waals surface area contributed by atoms with E-state index in [4.69, 9.17) is 5.21 Å². The predicted molar refractivity (Wildman–Crippen MR) is 52.3 cm³/mol. The van der Waals surface area contributed by atoms with Gasteiger partial charge >= 0.3 is 0 Å². The summed E-state index contributed by atoms with van der Waals surface area (Å²) in [4.78, 5) is 0. The zero-order valence-electron chi connectivity index (χ0n) is 6.55. The van der Waals surface area contributed by atoms with Gasteiger partial charge in [0, 0.05) is 16.2 Å². The van der Waals surface area contributed by atoms with Crippen LogP contribution in [0.1, 0.15) is 5.56 Å². The second-order valence-corrected chi connectivity index (χ2v) is 3.43. The third kappa shape index (κ3) is 1.42. The minimum absolute atomic E-state index is 0.781. The van der Waals surface area contributed by atoms with Gasteiger partial charge in [-0.3, -0.25) is 0 Å². The lowest BCUT2D eigenvalue weighted by molar-refractivity contribution is 0.322. The standard InChI is InChI=1S/C8H6BrN3O/c9-7-1-2-12-8(3-7)6(4-10-12)5-11-13/h1-5,13H/b11-5-. The molecule has 0 bridgehead atoms. The van der Waals surface area contributed by atoms with Crippen molar-refractivity contribution in [1.29, 1.82) is 0 Å². The highest BCUT2D eigenvalue weighted by Gasteiger charge is 2.01. The molecule has 0 aliphatic rings. The minimum Gasteiger partial charge on any atom is -0.411 e. The monoisotopic (exact) mass is 239 g/mol. The Morgan fingerprint density at radius 3 is 3.23 bits per heavy atom. The fraction of sp³-hybridized carbons (Fsp3) is 0. The van der Waals surface area contributed by atoms with Crippen molar-refractivity contribution in [3.8, 4) is 0 Å². The molecule has 0 atom stereocenters. The number of hydrogen-bond donors (Lipinski definition) is 1. The number of aromatic nitrogens is 2. The van der Waals surface area contributed by atoms with Gasteiger partial charge in [-0.2, -0.15) is 5.10 Å². The van der Waals surface area contributed by atoms with E-state index in [1.165, 1.54) is 6.21 Å². The summed E-state index contributed by atoms with van der Waals surface area (Å²) in [5.41, 5.74) is 1.68. The van der Waals surface area contributed by atoms with E-state index < -0.39 is 0 Å². The molecule has 0 spiro atoms. The number of rotatable bonds is 1. The van der Waals surface area contributed by atoms with Crippen molar-refractivity contribution in [2.45, 2.75) is 0 Å². The quantitative estimate of drug-likeness (QED) is 0.470. The number of halogens is 1. The Bertz CT molecular complexity index is 463. The smallest absolute Gasteiger partial charge is 0.0771 e. The van der Waals surface area contributed by atoms with Gasteiger partial charge < -0.3 is 5.21 Å². The van der Waals surface area contributed by atoms with Crippen LogP contribution < -0.4 is 0 Å². The van der Waals surface area contributed by atoms with Crippen LogP contribution in [-0.4, -0.2) is 21.0 Å². The highest BCUT2D eigenvalue weighted by Crippen LogP contribution is 2.15. The molecule has 0 saturated heterocycles. The molecule has 5 heteroatoms. The first kappa shape index (κ1) is 8.25. The highest BCUT2D eigenvalue weighted by atomic mass is 79.9. The Labute approximate surface area is 82.6 Å². The van der Waals surface area contributed by atoms with E-state index in [1.54, 1.807) is 10.7 Å². The van der Waals surface area contributed by atoms with Crippen LogP contribution in [0, 0.1) is 0 Å². The Kier molecular flexibility index (Phi) is 2.02. The van der Waals surface area contributed by atoms with Gasteiger partial charge in [0.05, 0.1) is 17.9 Å². The molecule has 2 aromatic heterocycles. The van der Waals surface area contributed by atoms with Crippen molar-refractivity contribution in [1.82, 2.24) is 9.61 Å². The number of hydrogen-bond acceptors (Lipinski definition) is 3. The van der Waals surface area contributed by atoms with Gasteiger partial charge in [0.15, 0.2) is 0 Å². The molecule has 4 nitrogen and oxygen atoms in total. The molecule has 0 aromatic carbocycles. The molecule has 2 heterocycles. The molecule has 0 radical (unpaired) electrons. The first-order valence-corrected chi connectivity index (χ1v) is 4.41. The van der Waals surface area contributed by atoms with Crippen molar-refractivity contribution in [2.75, 3.05) is 0 Å². The van der Waals surface area contributed by atoms with Crippen LogP contribution >= 0.6 is 15.9 Å². The molecule has 0 amide bonds. The molecule has 0 aliphatic carbocycles. The average molecular weight is 240 g/mol. The van der Waals surface area contributed by atoms with Crippen molar-refractivity contribution < 1.29 is 5.21 Å². The first-order valence-electron chi connectivity index (χ1n) is 3.61. The Hall–Kier alpha value is -1.36. The van der Waals surface area contributed by atoms with Crippen molar-refractivity contribution >= 4 is 27.7 Å². The second-order valence-electron chi connectivity index (χ2n) is 2.52. The maximum atomic E-state index is 8.39. The SMILES string of the molecule is O/N=C\c1cnn2ccc(Br)cc12. The lowest BCUT2D eigenvalue weighted by Crippen LogP contribution is -1.85. The van der Waals surface area contributed by atoms with Gasteiger partial charge in [-0.1, -0.05) is 21.1 Å². The van der Waals surface area contributed by atoms with E-state index in [9.17, 15) is 0 Å². The normalized spacial score (nSPS) is 11.5. The first-order chi connectivity index (χ1) is 6.31. The third-order valence-electron chi connectivity index (χ3n) is 1.71. The van der Waals surface area contributed by atoms with Crippen molar-refractivity contribution in [3.63, 3.8) is 0 Å². The van der Waals surface area contributed by atoms with Gasteiger partial charge in [-0.05, 0) is 12.1 Å². The molecule has 0 saturated carbocycles. The molecule has 1 N–H and O–H groups in total. The molecule has 0 unspecified atom stereocenters. The fourth-order valence-electron chi connectivity index (χ4n) is 1.14. The van der Waals surface area contributed by atoms with Crippen LogP contribution in [0.5, 0.6) is 0 Å². The van der Waals surface area contributed by atoms with Gasteiger partial charge in [-0.15, -0.1) is 0 Å². The summed E-state index contributed by atoms with van der Waals surface area (Å²) in [7, 11) is 0. The molecule has 0 fully saturated rings. The Morgan fingerprint density at radius 2 is 2.46 bits per heavy atom. The van der Waals surface area contributed by atoms with Crippen LogP contribution in [0.3, 0.4) is 0 Å². The number of oxime groups is 1. The molecule has 2 aromatic rings. The van der Waals surface area contributed by atoms with Crippen LogP contribution in [-0.2, 0) is 0 Å². The lowest BCUT2D eigenvalue weighted by atomic mass is 10.3. The molecular weight excluding hydrogens is 234 g/mol. The second kappa shape index (κ2) is 3.18. The van der Waals surface area contributed by atoms with Crippen molar-refractivity contribution in [2.24, 2.45) is 5.16 Å². The Morgan fingerprint density at radius 1 is 1.62 bits per heavy atom. The van der Waals surface area contributed by atoms with Crippen LogP contribution in [0.2, 0.25) is 0 Å². The van der Waals surface area contributed by atoms with Crippen LogP contribution in [0.15, 0.2) is 34.2 Å². The third-order valence-corrected chi connectivity index (χ3v) is 2.20. The topological polar surface area (TPSA) is 49.9 Å². The largest absolute Gasteiger partial charge is 0.411 e. The van der Waals surface area contributed by atoms with E-state index in [0.717, 1.165) is 15.6 Å². The zero-order valence-corrected chi connectivity index (χ0v) is 8.14. The number of pyridine rings is 1.